The first-order valence-electron chi connectivity index (χ1n) is 4.25. The molecule has 1 heterocycles. The Labute approximate surface area is 82.5 Å². The van der Waals surface area contributed by atoms with E-state index in [4.69, 9.17) is 5.14 Å². The molecule has 76 valence electrons. The summed E-state index contributed by atoms with van der Waals surface area (Å²) in [5.41, 5.74) is 5.06. The molecule has 1 aromatic rings. The molecule has 5 nitrogen and oxygen atoms in total. The van der Waals surface area contributed by atoms with E-state index in [1.165, 1.54) is 12.1 Å². The normalized spacial score (nSPS) is 16.6. The highest BCUT2D eigenvalue weighted by molar-refractivity contribution is 7.89. The summed E-state index contributed by atoms with van der Waals surface area (Å²) in [6, 6.07) is 6.25. The van der Waals surface area contributed by atoms with Gasteiger partial charge in [0.05, 0.1) is 4.90 Å². The zero-order valence-electron chi connectivity index (χ0n) is 7.47. The van der Waals surface area contributed by atoms with E-state index >= 15 is 0 Å². The lowest BCUT2D eigenvalue weighted by Crippen LogP contribution is -2.86. The van der Waals surface area contributed by atoms with Crippen LogP contribution in [0.25, 0.3) is 5.43 Å². The van der Waals surface area contributed by atoms with Crippen molar-refractivity contribution < 1.29 is 13.4 Å². The highest BCUT2D eigenvalue weighted by atomic mass is 32.2. The molecule has 0 radical (unpaired) electrons. The van der Waals surface area contributed by atoms with Crippen LogP contribution in [0.4, 0.5) is 5.69 Å². The fourth-order valence-corrected chi connectivity index (χ4v) is 1.58. The molecule has 0 unspecified atom stereocenters. The molecule has 1 fully saturated rings. The van der Waals surface area contributed by atoms with Crippen molar-refractivity contribution in [2.24, 2.45) is 5.14 Å². The van der Waals surface area contributed by atoms with E-state index in [1.807, 2.05) is 0 Å². The first-order valence-corrected chi connectivity index (χ1v) is 5.80. The number of hydrogen-bond donors (Lipinski definition) is 2. The van der Waals surface area contributed by atoms with E-state index in [-0.39, 0.29) is 4.90 Å². The van der Waals surface area contributed by atoms with Gasteiger partial charge in [0.2, 0.25) is 10.0 Å². The Bertz CT molecular complexity index is 422. The highest BCUT2D eigenvalue weighted by Crippen LogP contribution is 2.16. The molecule has 2 rings (SSSR count). The molecule has 0 aromatic heterocycles. The van der Waals surface area contributed by atoms with E-state index in [0.29, 0.717) is 0 Å². The van der Waals surface area contributed by atoms with Crippen molar-refractivity contribution in [3.8, 4) is 0 Å². The van der Waals surface area contributed by atoms with Crippen LogP contribution in [-0.4, -0.2) is 21.5 Å². The molecule has 0 amide bonds. The van der Waals surface area contributed by atoms with Gasteiger partial charge < -0.3 is 10.4 Å². The van der Waals surface area contributed by atoms with Crippen LogP contribution >= 0.6 is 0 Å². The molecule has 1 aromatic carbocycles. The van der Waals surface area contributed by atoms with Gasteiger partial charge in [-0.05, 0) is 12.1 Å². The van der Waals surface area contributed by atoms with Crippen molar-refractivity contribution in [2.75, 3.05) is 13.1 Å². The third-order valence-corrected chi connectivity index (χ3v) is 2.86. The van der Waals surface area contributed by atoms with Crippen LogP contribution in [0, 0.1) is 0 Å². The van der Waals surface area contributed by atoms with Gasteiger partial charge in [-0.15, -0.1) is 0 Å². The van der Waals surface area contributed by atoms with Crippen LogP contribution in [0.1, 0.15) is 0 Å². The van der Waals surface area contributed by atoms with Gasteiger partial charge in [0.25, 0.3) is 0 Å². The maximum absolute atomic E-state index is 10.9. The van der Waals surface area contributed by atoms with Gasteiger partial charge in [-0.25, -0.2) is 13.6 Å². The lowest BCUT2D eigenvalue weighted by atomic mass is 10.3. The molecule has 1 aliphatic rings. The molecular weight excluding hydrogens is 202 g/mol. The number of quaternary nitrogens is 1. The number of sulfonamides is 1. The maximum Gasteiger partial charge on any atom is 0.238 e. The van der Waals surface area contributed by atoms with Gasteiger partial charge in [-0.1, -0.05) is 17.8 Å². The Balaban J connectivity index is 2.16. The average Bonchev–Trinajstić information content (AvgIpc) is 2.88. The smallest absolute Gasteiger partial charge is 0.238 e. The number of nitrogens with two attached hydrogens (primary N) is 1. The SMILES string of the molecule is NS(=O)(=O)c1ccc([N-][NH+]2CC2)cc1. The molecule has 0 aliphatic carbocycles. The Hall–Kier alpha value is -1.11. The summed E-state index contributed by atoms with van der Waals surface area (Å²) in [6.07, 6.45) is 0. The van der Waals surface area contributed by atoms with Gasteiger partial charge in [0.15, 0.2) is 0 Å². The summed E-state index contributed by atoms with van der Waals surface area (Å²) >= 11 is 0. The van der Waals surface area contributed by atoms with Gasteiger partial charge in [-0.2, -0.15) is 0 Å². The molecule has 6 heteroatoms. The number of nitrogens with one attached hydrogen (secondary N) is 1. The number of nitrogens with zero attached hydrogens (tertiary/aromatic N) is 1. The first kappa shape index (κ1) is 9.45. The van der Waals surface area contributed by atoms with E-state index < -0.39 is 10.0 Å². The Morgan fingerprint density at radius 1 is 1.21 bits per heavy atom. The van der Waals surface area contributed by atoms with Crippen molar-refractivity contribution in [3.63, 3.8) is 0 Å². The predicted molar refractivity (Wildman–Crippen MR) is 51.5 cm³/mol. The number of primary sulfonamides is 1. The maximum atomic E-state index is 10.9. The van der Waals surface area contributed by atoms with E-state index in [2.05, 4.69) is 5.43 Å². The van der Waals surface area contributed by atoms with Crippen LogP contribution in [0.2, 0.25) is 0 Å². The van der Waals surface area contributed by atoms with Crippen LogP contribution in [0.3, 0.4) is 0 Å². The fourth-order valence-electron chi connectivity index (χ4n) is 1.06. The van der Waals surface area contributed by atoms with Crippen molar-refractivity contribution >= 4 is 15.7 Å². The number of hydrogen-bond acceptors (Lipinski definition) is 2. The zero-order valence-corrected chi connectivity index (χ0v) is 8.29. The van der Waals surface area contributed by atoms with Gasteiger partial charge in [-0.3, -0.25) is 0 Å². The highest BCUT2D eigenvalue weighted by Gasteiger charge is 2.14. The Morgan fingerprint density at radius 2 is 1.79 bits per heavy atom. The second-order valence-corrected chi connectivity index (χ2v) is 4.78. The number of benzene rings is 1. The Kier molecular flexibility index (Phi) is 2.18. The van der Waals surface area contributed by atoms with E-state index in [1.54, 1.807) is 12.1 Å². The minimum atomic E-state index is -3.58. The first-order chi connectivity index (χ1) is 6.55. The molecule has 0 spiro atoms. The minimum Gasteiger partial charge on any atom is -0.488 e. The standard InChI is InChI=1S/C8H11N3O2S/c9-14(12,13)8-3-1-7(2-4-8)10-11-5-6-11/h1-4,11H,5-6H2,(H2,9,12,13). The van der Waals surface area contributed by atoms with Crippen LogP contribution in [0.15, 0.2) is 29.2 Å². The van der Waals surface area contributed by atoms with Gasteiger partial charge in [0, 0.05) is 0 Å². The summed E-state index contributed by atoms with van der Waals surface area (Å²) in [5, 5.41) is 6.12. The third-order valence-electron chi connectivity index (χ3n) is 1.93. The van der Waals surface area contributed by atoms with E-state index in [0.717, 1.165) is 23.8 Å². The molecule has 14 heavy (non-hydrogen) atoms. The minimum absolute atomic E-state index is 0.122. The Morgan fingerprint density at radius 3 is 2.21 bits per heavy atom. The average molecular weight is 213 g/mol. The van der Waals surface area contributed by atoms with Gasteiger partial charge in [0.1, 0.15) is 13.1 Å². The second-order valence-electron chi connectivity index (χ2n) is 3.22. The molecule has 1 aliphatic heterocycles. The summed E-state index contributed by atoms with van der Waals surface area (Å²) in [7, 11) is -3.58. The molecular formula is C8H11N3O2S. The molecule has 0 atom stereocenters. The van der Waals surface area contributed by atoms with Crippen molar-refractivity contribution in [3.05, 3.63) is 29.7 Å². The lowest BCUT2D eigenvalue weighted by molar-refractivity contribution is -0.708. The monoisotopic (exact) mass is 213 g/mol. The molecule has 3 N–H and O–H groups in total. The molecule has 0 bridgehead atoms. The van der Waals surface area contributed by atoms with Gasteiger partial charge >= 0.3 is 0 Å². The van der Waals surface area contributed by atoms with Crippen molar-refractivity contribution in [1.29, 1.82) is 0 Å². The topological polar surface area (TPSA) is 78.7 Å². The van der Waals surface area contributed by atoms with Crippen molar-refractivity contribution in [2.45, 2.75) is 4.90 Å². The quantitative estimate of drug-likeness (QED) is 0.642. The summed E-state index contributed by atoms with van der Waals surface area (Å²) < 4.78 is 21.8. The molecule has 0 saturated carbocycles. The number of rotatable bonds is 3. The summed E-state index contributed by atoms with van der Waals surface area (Å²) in [5.74, 6) is 0. The fraction of sp³-hybridized carbons (Fsp3) is 0.250. The van der Waals surface area contributed by atoms with Crippen molar-refractivity contribution in [1.82, 2.24) is 0 Å². The second kappa shape index (κ2) is 3.23. The summed E-state index contributed by atoms with van der Waals surface area (Å²) in [4.78, 5) is 0.122. The third kappa shape index (κ3) is 2.22. The largest absolute Gasteiger partial charge is 0.488 e. The van der Waals surface area contributed by atoms with Crippen LogP contribution in [0.5, 0.6) is 0 Å². The zero-order chi connectivity index (χ0) is 10.2. The lowest BCUT2D eigenvalue weighted by Gasteiger charge is -2.16. The van der Waals surface area contributed by atoms with Crippen LogP contribution in [-0.2, 0) is 10.0 Å². The van der Waals surface area contributed by atoms with E-state index in [9.17, 15) is 8.42 Å². The molecule has 1 saturated heterocycles. The summed E-state index contributed by atoms with van der Waals surface area (Å²) in [6.45, 7) is 2.11. The van der Waals surface area contributed by atoms with Crippen LogP contribution < -0.4 is 10.1 Å². The predicted octanol–water partition coefficient (Wildman–Crippen LogP) is -0.847.